The Morgan fingerprint density at radius 1 is 1.24 bits per heavy atom. The maximum absolute atomic E-state index is 11.1. The lowest BCUT2D eigenvalue weighted by Gasteiger charge is -2.09. The number of carboxylic acid groups (broad SMARTS) is 1. The Balaban J connectivity index is 2.36. The molecule has 2 heterocycles. The normalized spacial score (nSPS) is 13.1. The monoisotopic (exact) mass is 351 g/mol. The van der Waals surface area contributed by atoms with Gasteiger partial charge in [-0.3, -0.25) is 4.79 Å². The van der Waals surface area contributed by atoms with Gasteiger partial charge < -0.3 is 19.7 Å². The van der Waals surface area contributed by atoms with E-state index in [4.69, 9.17) is 19.7 Å². The van der Waals surface area contributed by atoms with Crippen LogP contribution in [-0.4, -0.2) is 17.1 Å². The summed E-state index contributed by atoms with van der Waals surface area (Å²) in [4.78, 5) is 11.1. The quantitative estimate of drug-likeness (QED) is 0.753. The van der Waals surface area contributed by atoms with Crippen LogP contribution in [0.15, 0.2) is 25.4 Å². The van der Waals surface area contributed by atoms with Crippen LogP contribution in [-0.2, 0) is 11.2 Å². The molecule has 0 bridgehead atoms. The molecule has 3 aromatic rings. The molecule has 110 valence electrons. The maximum atomic E-state index is 11.1. The van der Waals surface area contributed by atoms with Crippen LogP contribution in [0, 0.1) is 13.8 Å². The van der Waals surface area contributed by atoms with Crippen molar-refractivity contribution < 1.29 is 18.7 Å². The summed E-state index contributed by atoms with van der Waals surface area (Å²) in [6.07, 6.45) is 0.182. The minimum absolute atomic E-state index is 0.182. The molecule has 1 atom stereocenters. The maximum Gasteiger partial charge on any atom is 0.320 e. The largest absolute Gasteiger partial charge is 0.480 e. The summed E-state index contributed by atoms with van der Waals surface area (Å²) in [5.74, 6) is 0.461. The third-order valence-corrected chi connectivity index (χ3v) is 4.27. The molecule has 2 aromatic heterocycles. The van der Waals surface area contributed by atoms with Gasteiger partial charge in [-0.15, -0.1) is 0 Å². The molecule has 0 saturated carbocycles. The molecule has 0 aliphatic rings. The van der Waals surface area contributed by atoms with E-state index < -0.39 is 12.0 Å². The number of hydrogen-bond donors (Lipinski definition) is 2. The fourth-order valence-corrected chi connectivity index (χ4v) is 3.15. The van der Waals surface area contributed by atoms with E-state index in [0.717, 1.165) is 32.3 Å². The average Bonchev–Trinajstić information content (AvgIpc) is 2.97. The highest BCUT2D eigenvalue weighted by atomic mass is 79.9. The molecule has 5 nitrogen and oxygen atoms in total. The van der Waals surface area contributed by atoms with Crippen molar-refractivity contribution >= 4 is 43.8 Å². The van der Waals surface area contributed by atoms with Gasteiger partial charge in [-0.05, 0) is 41.9 Å². The van der Waals surface area contributed by atoms with E-state index in [1.165, 1.54) is 0 Å². The van der Waals surface area contributed by atoms with Gasteiger partial charge in [-0.1, -0.05) is 0 Å². The van der Waals surface area contributed by atoms with Crippen LogP contribution in [0.3, 0.4) is 0 Å². The number of benzene rings is 1. The first-order valence-electron chi connectivity index (χ1n) is 6.47. The highest BCUT2D eigenvalue weighted by Gasteiger charge is 2.23. The zero-order chi connectivity index (χ0) is 15.3. The number of hydrogen-bond acceptors (Lipinski definition) is 4. The molecule has 0 radical (unpaired) electrons. The van der Waals surface area contributed by atoms with Crippen molar-refractivity contribution in [3.8, 4) is 0 Å². The van der Waals surface area contributed by atoms with Gasteiger partial charge in [-0.25, -0.2) is 0 Å². The van der Waals surface area contributed by atoms with Crippen molar-refractivity contribution in [2.75, 3.05) is 0 Å². The second kappa shape index (κ2) is 4.89. The fraction of sp³-hybridized carbons (Fsp3) is 0.267. The van der Waals surface area contributed by atoms with E-state index in [9.17, 15) is 4.79 Å². The number of furan rings is 2. The van der Waals surface area contributed by atoms with Crippen LogP contribution in [0.2, 0.25) is 0 Å². The minimum atomic E-state index is -1.04. The van der Waals surface area contributed by atoms with Crippen molar-refractivity contribution in [2.45, 2.75) is 26.3 Å². The number of halogens is 1. The molecular weight excluding hydrogens is 338 g/mol. The van der Waals surface area contributed by atoms with Crippen molar-refractivity contribution in [3.63, 3.8) is 0 Å². The van der Waals surface area contributed by atoms with Crippen molar-refractivity contribution in [3.05, 3.63) is 33.7 Å². The van der Waals surface area contributed by atoms with E-state index in [1.54, 1.807) is 0 Å². The predicted molar refractivity (Wildman–Crippen MR) is 82.5 cm³/mol. The smallest absolute Gasteiger partial charge is 0.320 e. The molecule has 3 N–H and O–H groups in total. The second-order valence-electron chi connectivity index (χ2n) is 5.14. The third-order valence-electron chi connectivity index (χ3n) is 3.49. The lowest BCUT2D eigenvalue weighted by Crippen LogP contribution is -2.32. The van der Waals surface area contributed by atoms with Crippen LogP contribution in [0.25, 0.3) is 21.9 Å². The number of aliphatic carboxylic acids is 1. The molecule has 3 rings (SSSR count). The molecule has 0 aliphatic heterocycles. The number of carbonyl (C=O) groups is 1. The van der Waals surface area contributed by atoms with Crippen molar-refractivity contribution in [1.29, 1.82) is 0 Å². The van der Waals surface area contributed by atoms with E-state index >= 15 is 0 Å². The molecule has 21 heavy (non-hydrogen) atoms. The Bertz CT molecular complexity index is 804. The van der Waals surface area contributed by atoms with Gasteiger partial charge >= 0.3 is 5.97 Å². The topological polar surface area (TPSA) is 89.6 Å². The molecule has 0 spiro atoms. The zero-order valence-corrected chi connectivity index (χ0v) is 13.2. The molecule has 0 saturated heterocycles. The number of carboxylic acids is 1. The molecule has 0 fully saturated rings. The zero-order valence-electron chi connectivity index (χ0n) is 11.6. The van der Waals surface area contributed by atoms with Gasteiger partial charge in [-0.2, -0.15) is 0 Å². The van der Waals surface area contributed by atoms with Gasteiger partial charge in [0.15, 0.2) is 0 Å². The molecule has 0 amide bonds. The van der Waals surface area contributed by atoms with Crippen LogP contribution in [0.4, 0.5) is 0 Å². The Morgan fingerprint density at radius 2 is 1.81 bits per heavy atom. The van der Waals surface area contributed by atoms with Crippen molar-refractivity contribution in [2.24, 2.45) is 5.73 Å². The molecule has 6 heteroatoms. The summed E-state index contributed by atoms with van der Waals surface area (Å²) in [6.45, 7) is 3.70. The number of aryl methyl sites for hydroxylation is 2. The molecule has 1 aromatic carbocycles. The summed E-state index contributed by atoms with van der Waals surface area (Å²) in [5, 5.41) is 10.8. The van der Waals surface area contributed by atoms with Crippen LogP contribution in [0.5, 0.6) is 0 Å². The Hall–Kier alpha value is -1.79. The summed E-state index contributed by atoms with van der Waals surface area (Å²) in [6, 6.07) is 2.78. The first kappa shape index (κ1) is 14.2. The summed E-state index contributed by atoms with van der Waals surface area (Å²) >= 11 is 3.54. The fourth-order valence-electron chi connectivity index (χ4n) is 2.56. The highest BCUT2D eigenvalue weighted by molar-refractivity contribution is 9.10. The van der Waals surface area contributed by atoms with E-state index in [2.05, 4.69) is 15.9 Å². The highest BCUT2D eigenvalue weighted by Crippen LogP contribution is 2.39. The minimum Gasteiger partial charge on any atom is -0.480 e. The molecule has 1 unspecified atom stereocenters. The van der Waals surface area contributed by atoms with Gasteiger partial charge in [0.1, 0.15) is 28.7 Å². The number of nitrogens with two attached hydrogens (primary N) is 1. The van der Waals surface area contributed by atoms with E-state index in [0.29, 0.717) is 11.2 Å². The first-order chi connectivity index (χ1) is 9.88. The van der Waals surface area contributed by atoms with E-state index in [-0.39, 0.29) is 6.42 Å². The molecule has 0 aliphatic carbocycles. The lowest BCUT2D eigenvalue weighted by atomic mass is 10.00. The standard InChI is InChI=1S/C15H14BrNO4/c1-6-3-8-9(5-11(17)15(18)19)13-10(4-7(2)20-13)12(16)14(8)21-6/h3-4,11H,5,17H2,1-2H3,(H,18,19). The van der Waals surface area contributed by atoms with Crippen molar-refractivity contribution in [1.82, 2.24) is 0 Å². The number of fused-ring (bicyclic) bond motifs is 2. The molecular formula is C15H14BrNO4. The van der Waals surface area contributed by atoms with Gasteiger partial charge in [0.2, 0.25) is 0 Å². The van der Waals surface area contributed by atoms with Crippen LogP contribution >= 0.6 is 15.9 Å². The van der Waals surface area contributed by atoms with Crippen LogP contribution < -0.4 is 5.73 Å². The number of rotatable bonds is 3. The van der Waals surface area contributed by atoms with E-state index in [1.807, 2.05) is 26.0 Å². The van der Waals surface area contributed by atoms with Gasteiger partial charge in [0.05, 0.1) is 4.47 Å². The predicted octanol–water partition coefficient (Wildman–Crippen LogP) is 3.51. The summed E-state index contributed by atoms with van der Waals surface area (Å²) in [7, 11) is 0. The van der Waals surface area contributed by atoms with Gasteiger partial charge in [0, 0.05) is 22.8 Å². The Kier molecular flexibility index (Phi) is 3.30. The SMILES string of the molecule is Cc1cc2c(CC(N)C(=O)O)c3oc(C)cc3c(Br)c2o1. The summed E-state index contributed by atoms with van der Waals surface area (Å²) in [5.41, 5.74) is 7.81. The second-order valence-corrected chi connectivity index (χ2v) is 5.93. The Morgan fingerprint density at radius 3 is 2.43 bits per heavy atom. The van der Waals surface area contributed by atoms with Crippen LogP contribution in [0.1, 0.15) is 17.1 Å². The Labute approximate surface area is 128 Å². The first-order valence-corrected chi connectivity index (χ1v) is 7.26. The lowest BCUT2D eigenvalue weighted by molar-refractivity contribution is -0.138. The van der Waals surface area contributed by atoms with Gasteiger partial charge in [0.25, 0.3) is 0 Å². The third kappa shape index (κ3) is 2.24. The summed E-state index contributed by atoms with van der Waals surface area (Å²) < 4.78 is 12.3. The average molecular weight is 352 g/mol.